The second-order valence-electron chi connectivity index (χ2n) is 6.01. The predicted molar refractivity (Wildman–Crippen MR) is 82.9 cm³/mol. The number of anilines is 2. The van der Waals surface area contributed by atoms with Crippen molar-refractivity contribution >= 4 is 11.4 Å². The molecule has 0 saturated heterocycles. The lowest BCUT2D eigenvalue weighted by Crippen LogP contribution is -2.43. The summed E-state index contributed by atoms with van der Waals surface area (Å²) in [5.41, 5.74) is 2.77. The number of para-hydroxylation sites is 2. The summed E-state index contributed by atoms with van der Waals surface area (Å²) < 4.78 is 0. The number of fused-ring (bicyclic) bond motifs is 1. The Kier molecular flexibility index (Phi) is 3.95. The molecule has 0 amide bonds. The maximum absolute atomic E-state index is 3.59. The average Bonchev–Trinajstić information content (AvgIpc) is 2.69. The third-order valence-corrected chi connectivity index (χ3v) is 4.90. The standard InChI is InChI=1S/C17H26N2/c1-2-14-8-3-5-10-16(14)19-13-7-12-18-15-9-4-6-11-17(15)19/h4,6,9,11,14,16,18H,2-3,5,7-8,10,12-13H2,1H3. The molecule has 1 saturated carbocycles. The molecule has 2 aliphatic rings. The summed E-state index contributed by atoms with van der Waals surface area (Å²) in [5, 5.41) is 3.59. The molecule has 3 rings (SSSR count). The van der Waals surface area contributed by atoms with Crippen LogP contribution in [-0.4, -0.2) is 19.1 Å². The molecule has 19 heavy (non-hydrogen) atoms. The molecule has 2 atom stereocenters. The molecule has 0 aromatic heterocycles. The first-order valence-corrected chi connectivity index (χ1v) is 7.99. The normalized spacial score (nSPS) is 27.3. The van der Waals surface area contributed by atoms with Crippen molar-refractivity contribution in [2.75, 3.05) is 23.3 Å². The highest BCUT2D eigenvalue weighted by atomic mass is 15.2. The molecule has 2 heteroatoms. The third-order valence-electron chi connectivity index (χ3n) is 4.90. The van der Waals surface area contributed by atoms with E-state index < -0.39 is 0 Å². The summed E-state index contributed by atoms with van der Waals surface area (Å²) in [4.78, 5) is 2.71. The first kappa shape index (κ1) is 12.8. The van der Waals surface area contributed by atoms with Crippen LogP contribution in [0.1, 0.15) is 45.4 Å². The minimum Gasteiger partial charge on any atom is -0.383 e. The van der Waals surface area contributed by atoms with Crippen LogP contribution in [0.5, 0.6) is 0 Å². The van der Waals surface area contributed by atoms with Gasteiger partial charge in [-0.05, 0) is 37.3 Å². The maximum Gasteiger partial charge on any atom is 0.0604 e. The zero-order chi connectivity index (χ0) is 13.1. The monoisotopic (exact) mass is 258 g/mol. The number of hydrogen-bond acceptors (Lipinski definition) is 2. The zero-order valence-electron chi connectivity index (χ0n) is 12.1. The van der Waals surface area contributed by atoms with E-state index in [0.717, 1.165) is 18.5 Å². The Morgan fingerprint density at radius 3 is 2.89 bits per heavy atom. The van der Waals surface area contributed by atoms with Crippen LogP contribution in [0.2, 0.25) is 0 Å². The van der Waals surface area contributed by atoms with E-state index in [1.165, 1.54) is 56.4 Å². The zero-order valence-corrected chi connectivity index (χ0v) is 12.1. The van der Waals surface area contributed by atoms with E-state index in [0.29, 0.717) is 0 Å². The summed E-state index contributed by atoms with van der Waals surface area (Å²) >= 11 is 0. The van der Waals surface area contributed by atoms with Gasteiger partial charge >= 0.3 is 0 Å². The summed E-state index contributed by atoms with van der Waals surface area (Å²) in [6.45, 7) is 4.69. The molecule has 0 bridgehead atoms. The summed E-state index contributed by atoms with van der Waals surface area (Å²) in [5.74, 6) is 0.889. The molecule has 2 unspecified atom stereocenters. The van der Waals surface area contributed by atoms with Crippen LogP contribution in [0.25, 0.3) is 0 Å². The van der Waals surface area contributed by atoms with E-state index >= 15 is 0 Å². The van der Waals surface area contributed by atoms with E-state index in [2.05, 4.69) is 41.4 Å². The van der Waals surface area contributed by atoms with Gasteiger partial charge in [0.2, 0.25) is 0 Å². The summed E-state index contributed by atoms with van der Waals surface area (Å²) in [6.07, 6.45) is 8.23. The second kappa shape index (κ2) is 5.85. The quantitative estimate of drug-likeness (QED) is 0.852. The van der Waals surface area contributed by atoms with Crippen LogP contribution in [0.4, 0.5) is 11.4 Å². The Bertz CT molecular complexity index is 415. The smallest absolute Gasteiger partial charge is 0.0604 e. The molecule has 1 aliphatic heterocycles. The molecule has 1 aromatic carbocycles. The topological polar surface area (TPSA) is 15.3 Å². The van der Waals surface area contributed by atoms with Gasteiger partial charge < -0.3 is 10.2 Å². The molecule has 1 fully saturated rings. The molecule has 1 aromatic rings. The third kappa shape index (κ3) is 2.58. The second-order valence-corrected chi connectivity index (χ2v) is 6.01. The average molecular weight is 258 g/mol. The van der Waals surface area contributed by atoms with Gasteiger partial charge in [0.25, 0.3) is 0 Å². The van der Waals surface area contributed by atoms with Gasteiger partial charge in [0.1, 0.15) is 0 Å². The van der Waals surface area contributed by atoms with Crippen LogP contribution in [0.3, 0.4) is 0 Å². The van der Waals surface area contributed by atoms with Crippen molar-refractivity contribution in [2.45, 2.75) is 51.5 Å². The van der Waals surface area contributed by atoms with Gasteiger partial charge in [-0.25, -0.2) is 0 Å². The molecular formula is C17H26N2. The lowest BCUT2D eigenvalue weighted by molar-refractivity contribution is 0.285. The van der Waals surface area contributed by atoms with E-state index in [4.69, 9.17) is 0 Å². The lowest BCUT2D eigenvalue weighted by Gasteiger charge is -2.41. The van der Waals surface area contributed by atoms with Crippen LogP contribution in [-0.2, 0) is 0 Å². The first-order valence-electron chi connectivity index (χ1n) is 7.99. The highest BCUT2D eigenvalue weighted by molar-refractivity contribution is 5.71. The Morgan fingerprint density at radius 2 is 2.00 bits per heavy atom. The summed E-state index contributed by atoms with van der Waals surface area (Å²) in [6, 6.07) is 9.63. The van der Waals surface area contributed by atoms with Gasteiger partial charge in [-0.15, -0.1) is 0 Å². The Balaban J connectivity index is 1.90. The van der Waals surface area contributed by atoms with Crippen LogP contribution in [0.15, 0.2) is 24.3 Å². The Labute approximate surface area is 117 Å². The number of hydrogen-bond donors (Lipinski definition) is 1. The van der Waals surface area contributed by atoms with Crippen molar-refractivity contribution in [3.8, 4) is 0 Å². The van der Waals surface area contributed by atoms with Gasteiger partial charge in [0.05, 0.1) is 11.4 Å². The SMILES string of the molecule is CCC1CCCCC1N1CCCNc2ccccc21. The fourth-order valence-electron chi connectivity index (χ4n) is 3.89. The number of rotatable bonds is 2. The van der Waals surface area contributed by atoms with Gasteiger partial charge in [-0.1, -0.05) is 38.3 Å². The largest absolute Gasteiger partial charge is 0.383 e. The van der Waals surface area contributed by atoms with Crippen molar-refractivity contribution in [1.82, 2.24) is 0 Å². The molecular weight excluding hydrogens is 232 g/mol. The molecule has 104 valence electrons. The van der Waals surface area contributed by atoms with Crippen molar-refractivity contribution < 1.29 is 0 Å². The maximum atomic E-state index is 3.59. The summed E-state index contributed by atoms with van der Waals surface area (Å²) in [7, 11) is 0. The molecule has 0 spiro atoms. The number of nitrogens with zero attached hydrogens (tertiary/aromatic N) is 1. The van der Waals surface area contributed by atoms with Crippen molar-refractivity contribution in [2.24, 2.45) is 5.92 Å². The highest BCUT2D eigenvalue weighted by Gasteiger charge is 2.30. The van der Waals surface area contributed by atoms with Gasteiger partial charge in [0.15, 0.2) is 0 Å². The van der Waals surface area contributed by atoms with E-state index in [9.17, 15) is 0 Å². The van der Waals surface area contributed by atoms with Crippen molar-refractivity contribution in [3.05, 3.63) is 24.3 Å². The fraction of sp³-hybridized carbons (Fsp3) is 0.647. The van der Waals surface area contributed by atoms with Gasteiger partial charge in [-0.3, -0.25) is 0 Å². The number of benzene rings is 1. The van der Waals surface area contributed by atoms with E-state index in [1.807, 2.05) is 0 Å². The van der Waals surface area contributed by atoms with Gasteiger partial charge in [0, 0.05) is 19.1 Å². The van der Waals surface area contributed by atoms with Crippen LogP contribution < -0.4 is 10.2 Å². The fourth-order valence-corrected chi connectivity index (χ4v) is 3.89. The predicted octanol–water partition coefficient (Wildman–Crippen LogP) is 4.28. The highest BCUT2D eigenvalue weighted by Crippen LogP contribution is 2.37. The number of nitrogens with one attached hydrogen (secondary N) is 1. The first-order chi connectivity index (χ1) is 9.40. The van der Waals surface area contributed by atoms with Crippen molar-refractivity contribution in [1.29, 1.82) is 0 Å². The van der Waals surface area contributed by atoms with Crippen LogP contribution in [0, 0.1) is 5.92 Å². The minimum atomic E-state index is 0.764. The van der Waals surface area contributed by atoms with Crippen molar-refractivity contribution in [3.63, 3.8) is 0 Å². The van der Waals surface area contributed by atoms with Crippen LogP contribution >= 0.6 is 0 Å². The Morgan fingerprint density at radius 1 is 1.16 bits per heavy atom. The lowest BCUT2D eigenvalue weighted by atomic mass is 9.81. The molecule has 1 N–H and O–H groups in total. The van der Waals surface area contributed by atoms with E-state index in [-0.39, 0.29) is 0 Å². The molecule has 2 nitrogen and oxygen atoms in total. The van der Waals surface area contributed by atoms with Gasteiger partial charge in [-0.2, -0.15) is 0 Å². The minimum absolute atomic E-state index is 0.764. The van der Waals surface area contributed by atoms with E-state index in [1.54, 1.807) is 0 Å². The molecule has 0 radical (unpaired) electrons. The molecule has 1 heterocycles. The molecule has 1 aliphatic carbocycles. The Hall–Kier alpha value is -1.18.